The first kappa shape index (κ1) is 21.9. The zero-order valence-corrected chi connectivity index (χ0v) is 17.8. The Kier molecular flexibility index (Phi) is 8.01. The molecule has 0 aliphatic rings. The van der Waals surface area contributed by atoms with Crippen molar-refractivity contribution in [3.8, 4) is 0 Å². The summed E-state index contributed by atoms with van der Waals surface area (Å²) in [5.74, 6) is 0.554. The number of rotatable bonds is 9. The molecule has 0 fully saturated rings. The Morgan fingerprint density at radius 3 is 2.50 bits per heavy atom. The molecule has 1 aromatic carbocycles. The molecule has 0 saturated carbocycles. The van der Waals surface area contributed by atoms with Gasteiger partial charge in [0.2, 0.25) is 10.0 Å². The zero-order chi connectivity index (χ0) is 20.6. The molecule has 0 spiro atoms. The van der Waals surface area contributed by atoms with Crippen LogP contribution in [0.2, 0.25) is 0 Å². The van der Waals surface area contributed by atoms with Gasteiger partial charge in [-0.15, -0.1) is 0 Å². The first-order valence-electron chi connectivity index (χ1n) is 9.35. The standard InChI is InChI=1S/C19H30N6O2S/c1-5-20-19(22-14-18-15(2)24-25(4)16(18)3)21-11-12-28(26,27)23-13-17-9-7-6-8-10-17/h6-10,23H,5,11-14H2,1-4H3,(H2,20,21,22). The van der Waals surface area contributed by atoms with E-state index in [1.807, 2.05) is 62.8 Å². The predicted molar refractivity (Wildman–Crippen MR) is 113 cm³/mol. The third-order valence-corrected chi connectivity index (χ3v) is 5.73. The maximum absolute atomic E-state index is 12.2. The highest BCUT2D eigenvalue weighted by molar-refractivity contribution is 7.89. The van der Waals surface area contributed by atoms with Gasteiger partial charge in [0.25, 0.3) is 0 Å². The van der Waals surface area contributed by atoms with E-state index in [9.17, 15) is 8.42 Å². The number of aryl methyl sites for hydroxylation is 2. The quantitative estimate of drug-likeness (QED) is 0.429. The van der Waals surface area contributed by atoms with Crippen molar-refractivity contribution in [2.45, 2.75) is 33.9 Å². The Morgan fingerprint density at radius 1 is 1.18 bits per heavy atom. The lowest BCUT2D eigenvalue weighted by Gasteiger charge is -2.12. The summed E-state index contributed by atoms with van der Waals surface area (Å²) in [4.78, 5) is 4.56. The fraction of sp³-hybridized carbons (Fsp3) is 0.474. The average molecular weight is 407 g/mol. The zero-order valence-electron chi connectivity index (χ0n) is 17.0. The molecule has 3 N–H and O–H groups in total. The van der Waals surface area contributed by atoms with E-state index in [0.29, 0.717) is 19.0 Å². The number of nitrogens with zero attached hydrogens (tertiary/aromatic N) is 3. The van der Waals surface area contributed by atoms with Gasteiger partial charge in [-0.3, -0.25) is 4.68 Å². The van der Waals surface area contributed by atoms with Crippen LogP contribution in [-0.2, 0) is 30.2 Å². The van der Waals surface area contributed by atoms with Crippen LogP contribution in [0.25, 0.3) is 0 Å². The van der Waals surface area contributed by atoms with Crippen molar-refractivity contribution in [3.63, 3.8) is 0 Å². The first-order valence-corrected chi connectivity index (χ1v) is 11.0. The van der Waals surface area contributed by atoms with Crippen molar-refractivity contribution in [3.05, 3.63) is 52.8 Å². The average Bonchev–Trinajstić information content (AvgIpc) is 2.90. The van der Waals surface area contributed by atoms with Crippen LogP contribution in [0.3, 0.4) is 0 Å². The highest BCUT2D eigenvalue weighted by atomic mass is 32.2. The van der Waals surface area contributed by atoms with E-state index in [0.717, 1.165) is 22.5 Å². The second-order valence-corrected chi connectivity index (χ2v) is 8.45. The number of hydrogen-bond acceptors (Lipinski definition) is 4. The van der Waals surface area contributed by atoms with E-state index in [1.54, 1.807) is 0 Å². The van der Waals surface area contributed by atoms with Crippen molar-refractivity contribution in [2.75, 3.05) is 18.8 Å². The molecule has 0 atom stereocenters. The Bertz CT molecular complexity index is 891. The summed E-state index contributed by atoms with van der Waals surface area (Å²) in [5, 5.41) is 10.6. The molecule has 0 aliphatic carbocycles. The molecule has 0 unspecified atom stereocenters. The molecule has 9 heteroatoms. The largest absolute Gasteiger partial charge is 0.357 e. The molecule has 154 valence electrons. The summed E-state index contributed by atoms with van der Waals surface area (Å²) >= 11 is 0. The van der Waals surface area contributed by atoms with Crippen LogP contribution >= 0.6 is 0 Å². The van der Waals surface area contributed by atoms with Crippen LogP contribution in [0.4, 0.5) is 0 Å². The van der Waals surface area contributed by atoms with E-state index < -0.39 is 10.0 Å². The molecule has 1 aromatic heterocycles. The van der Waals surface area contributed by atoms with Gasteiger partial charge in [-0.05, 0) is 26.3 Å². The summed E-state index contributed by atoms with van der Waals surface area (Å²) in [6.45, 7) is 7.67. The van der Waals surface area contributed by atoms with Gasteiger partial charge in [0.1, 0.15) is 0 Å². The summed E-state index contributed by atoms with van der Waals surface area (Å²) in [6, 6.07) is 9.45. The molecular weight excluding hydrogens is 376 g/mol. The maximum Gasteiger partial charge on any atom is 0.213 e. The molecule has 0 radical (unpaired) electrons. The number of guanidine groups is 1. The number of hydrogen-bond donors (Lipinski definition) is 3. The number of aromatic nitrogens is 2. The lowest BCUT2D eigenvalue weighted by molar-refractivity contribution is 0.580. The van der Waals surface area contributed by atoms with Crippen LogP contribution in [0.1, 0.15) is 29.4 Å². The molecule has 0 aliphatic heterocycles. The van der Waals surface area contributed by atoms with Crippen molar-refractivity contribution >= 4 is 16.0 Å². The lowest BCUT2D eigenvalue weighted by atomic mass is 10.2. The van der Waals surface area contributed by atoms with Gasteiger partial charge in [0, 0.05) is 37.9 Å². The minimum Gasteiger partial charge on any atom is -0.357 e. The number of aliphatic imine (C=N–C) groups is 1. The van der Waals surface area contributed by atoms with Crippen LogP contribution in [-0.4, -0.2) is 43.0 Å². The third-order valence-electron chi connectivity index (χ3n) is 4.40. The van der Waals surface area contributed by atoms with Gasteiger partial charge < -0.3 is 10.6 Å². The summed E-state index contributed by atoms with van der Waals surface area (Å²) in [7, 11) is -1.47. The van der Waals surface area contributed by atoms with E-state index in [2.05, 4.69) is 25.4 Å². The molecule has 1 heterocycles. The second kappa shape index (κ2) is 10.2. The topological polar surface area (TPSA) is 100 Å². The maximum atomic E-state index is 12.2. The van der Waals surface area contributed by atoms with Gasteiger partial charge in [0.05, 0.1) is 18.0 Å². The van der Waals surface area contributed by atoms with E-state index >= 15 is 0 Å². The highest BCUT2D eigenvalue weighted by Crippen LogP contribution is 2.12. The highest BCUT2D eigenvalue weighted by Gasteiger charge is 2.11. The van der Waals surface area contributed by atoms with E-state index in [-0.39, 0.29) is 18.8 Å². The Labute approximate surface area is 167 Å². The fourth-order valence-electron chi connectivity index (χ4n) is 2.71. The smallest absolute Gasteiger partial charge is 0.213 e. The van der Waals surface area contributed by atoms with E-state index in [1.165, 1.54) is 0 Å². The normalized spacial score (nSPS) is 12.2. The second-order valence-electron chi connectivity index (χ2n) is 6.52. The van der Waals surface area contributed by atoms with Crippen molar-refractivity contribution in [2.24, 2.45) is 12.0 Å². The molecule has 0 saturated heterocycles. The van der Waals surface area contributed by atoms with Crippen LogP contribution in [0.5, 0.6) is 0 Å². The van der Waals surface area contributed by atoms with Crippen LogP contribution < -0.4 is 15.4 Å². The van der Waals surface area contributed by atoms with Crippen LogP contribution in [0, 0.1) is 13.8 Å². The molecule has 2 rings (SSSR count). The van der Waals surface area contributed by atoms with Gasteiger partial charge in [-0.2, -0.15) is 5.10 Å². The van der Waals surface area contributed by atoms with Crippen molar-refractivity contribution in [1.82, 2.24) is 25.1 Å². The molecule has 28 heavy (non-hydrogen) atoms. The Morgan fingerprint density at radius 2 is 1.89 bits per heavy atom. The van der Waals surface area contributed by atoms with Crippen molar-refractivity contribution in [1.29, 1.82) is 0 Å². The first-order chi connectivity index (χ1) is 13.3. The SMILES string of the molecule is CCNC(=NCc1c(C)nn(C)c1C)NCCS(=O)(=O)NCc1ccccc1. The monoisotopic (exact) mass is 406 g/mol. The minimum absolute atomic E-state index is 0.0325. The number of nitrogens with one attached hydrogen (secondary N) is 3. The summed E-state index contributed by atoms with van der Waals surface area (Å²) in [6.07, 6.45) is 0. The van der Waals surface area contributed by atoms with Gasteiger partial charge in [-0.1, -0.05) is 30.3 Å². The molecular formula is C19H30N6O2S. The Balaban J connectivity index is 1.88. The minimum atomic E-state index is -3.38. The molecule has 0 amide bonds. The predicted octanol–water partition coefficient (Wildman–Crippen LogP) is 1.21. The lowest BCUT2D eigenvalue weighted by Crippen LogP contribution is -2.41. The molecule has 8 nitrogen and oxygen atoms in total. The van der Waals surface area contributed by atoms with E-state index in [4.69, 9.17) is 0 Å². The van der Waals surface area contributed by atoms with Gasteiger partial charge in [-0.25, -0.2) is 18.1 Å². The molecule has 2 aromatic rings. The fourth-order valence-corrected chi connectivity index (χ4v) is 3.61. The number of sulfonamides is 1. The van der Waals surface area contributed by atoms with Crippen LogP contribution in [0.15, 0.2) is 35.3 Å². The summed E-state index contributed by atoms with van der Waals surface area (Å²) in [5.41, 5.74) is 4.03. The van der Waals surface area contributed by atoms with Gasteiger partial charge >= 0.3 is 0 Å². The van der Waals surface area contributed by atoms with Gasteiger partial charge in [0.15, 0.2) is 5.96 Å². The molecule has 0 bridgehead atoms. The summed E-state index contributed by atoms with van der Waals surface area (Å²) < 4.78 is 28.8. The van der Waals surface area contributed by atoms with Crippen molar-refractivity contribution < 1.29 is 8.42 Å². The number of benzene rings is 1. The Hall–Kier alpha value is -2.39. The third kappa shape index (κ3) is 6.65.